The molecule has 2 nitrogen and oxygen atoms in total. The van der Waals surface area contributed by atoms with E-state index in [0.717, 1.165) is 57.8 Å². The maximum absolute atomic E-state index is 10.9. The van der Waals surface area contributed by atoms with Crippen molar-refractivity contribution in [1.82, 2.24) is 0 Å². The Kier molecular flexibility index (Phi) is 6.07. The number of halogens is 1. The molecule has 2 atom stereocenters. The first-order valence-electron chi connectivity index (χ1n) is 6.07. The molecule has 1 N–H and O–H groups in total. The Labute approximate surface area is 97.0 Å². The molecule has 0 heterocycles. The van der Waals surface area contributed by atoms with E-state index in [1.54, 1.807) is 0 Å². The molecule has 0 aromatic rings. The summed E-state index contributed by atoms with van der Waals surface area (Å²) in [6, 6.07) is 0. The molecule has 1 saturated carbocycles. The van der Waals surface area contributed by atoms with Crippen LogP contribution in [0.1, 0.15) is 57.8 Å². The quantitative estimate of drug-likeness (QED) is 0.698. The molecule has 0 bridgehead atoms. The second kappa shape index (κ2) is 7.10. The molecular formula is C12H21ClO2. The molecule has 0 aromatic heterocycles. The van der Waals surface area contributed by atoms with Gasteiger partial charge in [0.05, 0.1) is 5.92 Å². The molecule has 0 saturated heterocycles. The van der Waals surface area contributed by atoms with E-state index in [4.69, 9.17) is 16.7 Å². The summed E-state index contributed by atoms with van der Waals surface area (Å²) < 4.78 is 0. The first kappa shape index (κ1) is 12.8. The topological polar surface area (TPSA) is 37.3 Å². The van der Waals surface area contributed by atoms with Crippen LogP contribution in [0.5, 0.6) is 0 Å². The maximum atomic E-state index is 10.9. The summed E-state index contributed by atoms with van der Waals surface area (Å²) in [7, 11) is 0. The molecule has 1 aliphatic rings. The Balaban J connectivity index is 2.36. The van der Waals surface area contributed by atoms with Crippen LogP contribution in [0.2, 0.25) is 0 Å². The van der Waals surface area contributed by atoms with Crippen LogP contribution in [0, 0.1) is 5.92 Å². The van der Waals surface area contributed by atoms with E-state index in [9.17, 15) is 4.79 Å². The maximum Gasteiger partial charge on any atom is 0.306 e. The van der Waals surface area contributed by atoms with Gasteiger partial charge in [0, 0.05) is 5.38 Å². The summed E-state index contributed by atoms with van der Waals surface area (Å²) in [4.78, 5) is 10.9. The van der Waals surface area contributed by atoms with Crippen molar-refractivity contribution in [3.05, 3.63) is 0 Å². The molecule has 0 radical (unpaired) electrons. The van der Waals surface area contributed by atoms with Gasteiger partial charge in [-0.15, -0.1) is 11.6 Å². The predicted molar refractivity (Wildman–Crippen MR) is 62.3 cm³/mol. The van der Waals surface area contributed by atoms with Crippen molar-refractivity contribution in [2.45, 2.75) is 63.2 Å². The van der Waals surface area contributed by atoms with E-state index in [1.807, 2.05) is 0 Å². The zero-order chi connectivity index (χ0) is 11.1. The van der Waals surface area contributed by atoms with Crippen molar-refractivity contribution in [3.63, 3.8) is 0 Å². The number of hydrogen-bond acceptors (Lipinski definition) is 1. The lowest BCUT2D eigenvalue weighted by molar-refractivity contribution is -0.142. The number of rotatable bonds is 1. The molecule has 3 heteroatoms. The van der Waals surface area contributed by atoms with Gasteiger partial charge in [-0.2, -0.15) is 0 Å². The van der Waals surface area contributed by atoms with Crippen LogP contribution in [0.25, 0.3) is 0 Å². The van der Waals surface area contributed by atoms with Gasteiger partial charge in [0.15, 0.2) is 0 Å². The average Bonchev–Trinajstić information content (AvgIpc) is 2.23. The van der Waals surface area contributed by atoms with E-state index in [0.29, 0.717) is 5.38 Å². The second-order valence-electron chi connectivity index (χ2n) is 4.55. The highest BCUT2D eigenvalue weighted by atomic mass is 35.5. The van der Waals surface area contributed by atoms with Crippen LogP contribution in [-0.4, -0.2) is 16.5 Å². The third-order valence-corrected chi connectivity index (χ3v) is 3.68. The van der Waals surface area contributed by atoms with Gasteiger partial charge in [0.2, 0.25) is 0 Å². The number of aliphatic carboxylic acids is 1. The first-order valence-corrected chi connectivity index (χ1v) is 6.50. The van der Waals surface area contributed by atoms with Gasteiger partial charge < -0.3 is 5.11 Å². The third-order valence-electron chi connectivity index (χ3n) is 3.24. The molecule has 1 fully saturated rings. The highest BCUT2D eigenvalue weighted by Crippen LogP contribution is 2.23. The van der Waals surface area contributed by atoms with Crippen molar-refractivity contribution < 1.29 is 9.90 Å². The van der Waals surface area contributed by atoms with Gasteiger partial charge in [0.25, 0.3) is 0 Å². The fraction of sp³-hybridized carbons (Fsp3) is 0.917. The fourth-order valence-electron chi connectivity index (χ4n) is 2.23. The third kappa shape index (κ3) is 5.41. The average molecular weight is 233 g/mol. The monoisotopic (exact) mass is 232 g/mol. The Morgan fingerprint density at radius 3 is 2.00 bits per heavy atom. The zero-order valence-corrected chi connectivity index (χ0v) is 10.0. The van der Waals surface area contributed by atoms with Crippen LogP contribution in [-0.2, 0) is 4.79 Å². The Morgan fingerprint density at radius 1 is 0.933 bits per heavy atom. The Bertz CT molecular complexity index is 194. The summed E-state index contributed by atoms with van der Waals surface area (Å²) in [6.07, 6.45) is 9.25. The van der Waals surface area contributed by atoms with Crippen molar-refractivity contribution in [1.29, 1.82) is 0 Å². The molecule has 0 spiro atoms. The Morgan fingerprint density at radius 2 is 1.40 bits per heavy atom. The lowest BCUT2D eigenvalue weighted by Crippen LogP contribution is -2.13. The molecular weight excluding hydrogens is 212 g/mol. The molecule has 1 aliphatic carbocycles. The molecule has 15 heavy (non-hydrogen) atoms. The molecule has 0 aromatic carbocycles. The number of hydrogen-bond donors (Lipinski definition) is 1. The van der Waals surface area contributed by atoms with Gasteiger partial charge >= 0.3 is 5.97 Å². The van der Waals surface area contributed by atoms with Crippen molar-refractivity contribution in [2.24, 2.45) is 5.92 Å². The largest absolute Gasteiger partial charge is 0.481 e. The molecule has 2 unspecified atom stereocenters. The Hall–Kier alpha value is -0.240. The van der Waals surface area contributed by atoms with Crippen LogP contribution in [0.15, 0.2) is 0 Å². The number of alkyl halides is 1. The second-order valence-corrected chi connectivity index (χ2v) is 5.17. The van der Waals surface area contributed by atoms with Gasteiger partial charge in [-0.25, -0.2) is 0 Å². The van der Waals surface area contributed by atoms with E-state index < -0.39 is 5.97 Å². The van der Waals surface area contributed by atoms with E-state index in [2.05, 4.69) is 0 Å². The lowest BCUT2D eigenvalue weighted by atomic mass is 9.96. The van der Waals surface area contributed by atoms with Gasteiger partial charge in [0.1, 0.15) is 0 Å². The highest BCUT2D eigenvalue weighted by Gasteiger charge is 2.17. The SMILES string of the molecule is O=C(O)C1CCCCCC(Cl)CCCC1. The van der Waals surface area contributed by atoms with Gasteiger partial charge in [-0.3, -0.25) is 4.79 Å². The number of carboxylic acid groups (broad SMARTS) is 1. The van der Waals surface area contributed by atoms with Crippen molar-refractivity contribution in [3.8, 4) is 0 Å². The van der Waals surface area contributed by atoms with Crippen LogP contribution >= 0.6 is 11.6 Å². The zero-order valence-electron chi connectivity index (χ0n) is 9.25. The van der Waals surface area contributed by atoms with Crippen LogP contribution in [0.3, 0.4) is 0 Å². The molecule has 0 amide bonds. The molecule has 88 valence electrons. The first-order chi connectivity index (χ1) is 7.20. The highest BCUT2D eigenvalue weighted by molar-refractivity contribution is 6.20. The van der Waals surface area contributed by atoms with Crippen molar-refractivity contribution >= 4 is 17.6 Å². The summed E-state index contributed by atoms with van der Waals surface area (Å²) >= 11 is 6.16. The van der Waals surface area contributed by atoms with Gasteiger partial charge in [-0.1, -0.05) is 32.1 Å². The molecule has 1 rings (SSSR count). The van der Waals surface area contributed by atoms with Crippen LogP contribution in [0.4, 0.5) is 0 Å². The van der Waals surface area contributed by atoms with E-state index in [-0.39, 0.29) is 5.92 Å². The predicted octanol–water partition coefficient (Wildman–Crippen LogP) is 3.82. The number of carbonyl (C=O) groups is 1. The fourth-order valence-corrected chi connectivity index (χ4v) is 2.53. The summed E-state index contributed by atoms with van der Waals surface area (Å²) in [6.45, 7) is 0. The minimum absolute atomic E-state index is 0.114. The number of carboxylic acids is 1. The minimum atomic E-state index is -0.614. The van der Waals surface area contributed by atoms with Crippen LogP contribution < -0.4 is 0 Å². The van der Waals surface area contributed by atoms with E-state index >= 15 is 0 Å². The van der Waals surface area contributed by atoms with Crippen molar-refractivity contribution in [2.75, 3.05) is 0 Å². The van der Waals surface area contributed by atoms with E-state index in [1.165, 1.54) is 0 Å². The lowest BCUT2D eigenvalue weighted by Gasteiger charge is -2.10. The molecule has 0 aliphatic heterocycles. The minimum Gasteiger partial charge on any atom is -0.481 e. The summed E-state index contributed by atoms with van der Waals surface area (Å²) in [5, 5.41) is 9.32. The summed E-state index contributed by atoms with van der Waals surface area (Å²) in [5.74, 6) is -0.728. The summed E-state index contributed by atoms with van der Waals surface area (Å²) in [5.41, 5.74) is 0. The smallest absolute Gasteiger partial charge is 0.306 e. The van der Waals surface area contributed by atoms with Gasteiger partial charge in [-0.05, 0) is 25.7 Å². The standard InChI is InChI=1S/C12H21ClO2/c13-11-8-3-1-2-6-10(12(14)15)7-4-5-9-11/h10-11H,1-9H2,(H,14,15). The normalized spacial score (nSPS) is 30.5.